The Morgan fingerprint density at radius 3 is 3.00 bits per heavy atom. The summed E-state index contributed by atoms with van der Waals surface area (Å²) in [5.41, 5.74) is 0.130. The molecule has 2 fully saturated rings. The van der Waals surface area contributed by atoms with E-state index in [0.717, 1.165) is 52.1 Å². The van der Waals surface area contributed by atoms with Gasteiger partial charge in [-0.3, -0.25) is 9.69 Å². The number of carbonyl (C=O) groups is 1. The van der Waals surface area contributed by atoms with Crippen molar-refractivity contribution in [2.75, 3.05) is 39.4 Å². The second-order valence-corrected chi connectivity index (χ2v) is 7.54. The predicted molar refractivity (Wildman–Crippen MR) is 92.7 cm³/mol. The Bertz CT molecular complexity index is 500. The van der Waals surface area contributed by atoms with E-state index in [1.54, 1.807) is 11.3 Å². The van der Waals surface area contributed by atoms with Gasteiger partial charge in [0.25, 0.3) is 0 Å². The van der Waals surface area contributed by atoms with E-state index in [2.05, 4.69) is 33.9 Å². The lowest BCUT2D eigenvalue weighted by Gasteiger charge is -2.45. The molecule has 23 heavy (non-hydrogen) atoms. The van der Waals surface area contributed by atoms with Crippen molar-refractivity contribution in [1.82, 2.24) is 15.5 Å². The normalized spacial score (nSPS) is 23.3. The minimum absolute atomic E-state index is 0.0817. The van der Waals surface area contributed by atoms with Gasteiger partial charge in [-0.1, -0.05) is 6.07 Å². The summed E-state index contributed by atoms with van der Waals surface area (Å²) in [6.07, 6.45) is 3.16. The van der Waals surface area contributed by atoms with E-state index in [9.17, 15) is 4.79 Å². The molecule has 0 radical (unpaired) electrons. The van der Waals surface area contributed by atoms with Gasteiger partial charge in [-0.2, -0.15) is 0 Å². The van der Waals surface area contributed by atoms with Crippen LogP contribution in [0.2, 0.25) is 0 Å². The Balaban J connectivity index is 1.62. The number of nitrogens with one attached hydrogen (secondary N) is 2. The number of rotatable bonds is 4. The minimum atomic E-state index is 0.0817. The van der Waals surface area contributed by atoms with Crippen LogP contribution in [-0.4, -0.2) is 55.7 Å². The first-order valence-corrected chi connectivity index (χ1v) is 9.44. The number of thiophene rings is 1. The first-order chi connectivity index (χ1) is 11.2. The molecule has 1 amide bonds. The van der Waals surface area contributed by atoms with E-state index in [1.807, 2.05) is 6.07 Å². The van der Waals surface area contributed by atoms with Gasteiger partial charge in [-0.25, -0.2) is 0 Å². The van der Waals surface area contributed by atoms with E-state index in [1.165, 1.54) is 4.88 Å². The molecule has 2 aliphatic heterocycles. The molecule has 3 rings (SSSR count). The third-order valence-electron chi connectivity index (χ3n) is 5.10. The SMILES string of the molecule is CC(NC(=O)CN1CCNCCC12CCOCC2)c1cccs1. The molecule has 0 aromatic carbocycles. The second-order valence-electron chi connectivity index (χ2n) is 6.56. The lowest BCUT2D eigenvalue weighted by molar-refractivity contribution is -0.126. The molecule has 3 heterocycles. The van der Waals surface area contributed by atoms with Crippen molar-refractivity contribution in [3.63, 3.8) is 0 Å². The monoisotopic (exact) mass is 337 g/mol. The van der Waals surface area contributed by atoms with Crippen LogP contribution in [0.5, 0.6) is 0 Å². The highest BCUT2D eigenvalue weighted by atomic mass is 32.1. The summed E-state index contributed by atoms with van der Waals surface area (Å²) in [5.74, 6) is 0.124. The third kappa shape index (κ3) is 4.12. The van der Waals surface area contributed by atoms with Gasteiger partial charge >= 0.3 is 0 Å². The van der Waals surface area contributed by atoms with E-state index in [-0.39, 0.29) is 17.5 Å². The van der Waals surface area contributed by atoms with Gasteiger partial charge in [0, 0.05) is 36.7 Å². The molecular formula is C17H27N3O2S. The third-order valence-corrected chi connectivity index (χ3v) is 6.16. The molecule has 128 valence electrons. The quantitative estimate of drug-likeness (QED) is 0.879. The molecule has 1 aromatic heterocycles. The number of hydrogen-bond acceptors (Lipinski definition) is 5. The molecule has 1 atom stereocenters. The summed E-state index contributed by atoms with van der Waals surface area (Å²) in [4.78, 5) is 16.2. The Labute approximate surface area is 142 Å². The molecule has 2 saturated heterocycles. The zero-order valence-corrected chi connectivity index (χ0v) is 14.7. The Morgan fingerprint density at radius 1 is 1.43 bits per heavy atom. The van der Waals surface area contributed by atoms with Crippen LogP contribution in [0.25, 0.3) is 0 Å². The van der Waals surface area contributed by atoms with Gasteiger partial charge in [0.2, 0.25) is 5.91 Å². The Hall–Kier alpha value is -0.950. The first-order valence-electron chi connectivity index (χ1n) is 8.56. The van der Waals surface area contributed by atoms with Crippen LogP contribution in [0.3, 0.4) is 0 Å². The summed E-state index contributed by atoms with van der Waals surface area (Å²) in [7, 11) is 0. The Kier molecular flexibility index (Phi) is 5.69. The minimum Gasteiger partial charge on any atom is -0.381 e. The molecule has 1 unspecified atom stereocenters. The van der Waals surface area contributed by atoms with Crippen molar-refractivity contribution < 1.29 is 9.53 Å². The van der Waals surface area contributed by atoms with Crippen LogP contribution < -0.4 is 10.6 Å². The van der Waals surface area contributed by atoms with Gasteiger partial charge in [-0.05, 0) is 44.2 Å². The van der Waals surface area contributed by atoms with Crippen molar-refractivity contribution in [2.45, 2.75) is 37.8 Å². The average molecular weight is 337 g/mol. The predicted octanol–water partition coefficient (Wildman–Crippen LogP) is 1.77. The number of nitrogens with zero attached hydrogens (tertiary/aromatic N) is 1. The number of carbonyl (C=O) groups excluding carboxylic acids is 1. The molecule has 0 aliphatic carbocycles. The fourth-order valence-electron chi connectivity index (χ4n) is 3.69. The highest BCUT2D eigenvalue weighted by Gasteiger charge is 2.39. The van der Waals surface area contributed by atoms with Crippen LogP contribution >= 0.6 is 11.3 Å². The maximum Gasteiger partial charge on any atom is 0.234 e. The highest BCUT2D eigenvalue weighted by Crippen LogP contribution is 2.32. The lowest BCUT2D eigenvalue weighted by Crippen LogP contribution is -2.55. The summed E-state index contributed by atoms with van der Waals surface area (Å²) in [5, 5.41) is 8.67. The van der Waals surface area contributed by atoms with Crippen LogP contribution in [-0.2, 0) is 9.53 Å². The fraction of sp³-hybridized carbons (Fsp3) is 0.706. The van der Waals surface area contributed by atoms with Crippen molar-refractivity contribution in [3.8, 4) is 0 Å². The molecule has 1 aromatic rings. The molecule has 6 heteroatoms. The largest absolute Gasteiger partial charge is 0.381 e. The second kappa shape index (κ2) is 7.75. The van der Waals surface area contributed by atoms with E-state index < -0.39 is 0 Å². The van der Waals surface area contributed by atoms with Gasteiger partial charge in [0.1, 0.15) is 0 Å². The van der Waals surface area contributed by atoms with Crippen molar-refractivity contribution >= 4 is 17.2 Å². The summed E-state index contributed by atoms with van der Waals surface area (Å²) in [6, 6.07) is 4.18. The van der Waals surface area contributed by atoms with Crippen LogP contribution in [0.15, 0.2) is 17.5 Å². The van der Waals surface area contributed by atoms with E-state index in [0.29, 0.717) is 6.54 Å². The number of amides is 1. The highest BCUT2D eigenvalue weighted by molar-refractivity contribution is 7.10. The molecule has 0 bridgehead atoms. The fourth-order valence-corrected chi connectivity index (χ4v) is 4.42. The number of hydrogen-bond donors (Lipinski definition) is 2. The number of ether oxygens (including phenoxy) is 1. The van der Waals surface area contributed by atoms with Crippen molar-refractivity contribution in [3.05, 3.63) is 22.4 Å². The molecule has 5 nitrogen and oxygen atoms in total. The summed E-state index contributed by atoms with van der Waals surface area (Å²) in [6.45, 7) is 7.07. The van der Waals surface area contributed by atoms with Crippen LogP contribution in [0.1, 0.15) is 37.1 Å². The first kappa shape index (κ1) is 16.9. The summed E-state index contributed by atoms with van der Waals surface area (Å²) < 4.78 is 5.56. The van der Waals surface area contributed by atoms with Crippen molar-refractivity contribution in [1.29, 1.82) is 0 Å². The molecule has 0 saturated carbocycles. The van der Waals surface area contributed by atoms with Gasteiger partial charge in [-0.15, -0.1) is 11.3 Å². The zero-order chi connectivity index (χ0) is 16.1. The molecule has 2 aliphatic rings. The van der Waals surface area contributed by atoms with E-state index >= 15 is 0 Å². The molecular weight excluding hydrogens is 310 g/mol. The lowest BCUT2D eigenvalue weighted by atomic mass is 9.85. The maximum atomic E-state index is 12.6. The van der Waals surface area contributed by atoms with Crippen LogP contribution in [0.4, 0.5) is 0 Å². The standard InChI is InChI=1S/C17H27N3O2S/c1-14(15-3-2-12-23-15)19-16(21)13-20-9-8-18-7-4-17(20)5-10-22-11-6-17/h2-3,12,14,18H,4-11,13H2,1H3,(H,19,21). The van der Waals surface area contributed by atoms with Gasteiger partial charge in [0.15, 0.2) is 0 Å². The van der Waals surface area contributed by atoms with Crippen LogP contribution in [0, 0.1) is 0 Å². The van der Waals surface area contributed by atoms with E-state index in [4.69, 9.17) is 4.74 Å². The maximum absolute atomic E-state index is 12.6. The topological polar surface area (TPSA) is 53.6 Å². The Morgan fingerprint density at radius 2 is 2.26 bits per heavy atom. The molecule has 2 N–H and O–H groups in total. The van der Waals surface area contributed by atoms with Gasteiger partial charge < -0.3 is 15.4 Å². The molecule has 1 spiro atoms. The zero-order valence-electron chi connectivity index (χ0n) is 13.8. The summed E-state index contributed by atoms with van der Waals surface area (Å²) >= 11 is 1.69. The average Bonchev–Trinajstić information content (AvgIpc) is 3.03. The smallest absolute Gasteiger partial charge is 0.234 e. The van der Waals surface area contributed by atoms with Crippen molar-refractivity contribution in [2.24, 2.45) is 0 Å². The van der Waals surface area contributed by atoms with Gasteiger partial charge in [0.05, 0.1) is 12.6 Å².